The summed E-state index contributed by atoms with van der Waals surface area (Å²) in [5, 5.41) is 5.34. The molecule has 1 saturated heterocycles. The number of carbonyl (C=O) groups excluding carboxylic acids is 3. The Labute approximate surface area is 213 Å². The molecule has 0 spiro atoms. The fourth-order valence-corrected chi connectivity index (χ4v) is 6.23. The standard InChI is InChI=1S/C24H28FN5O6S/c1-13-9-16(5-6-17(13)25)27-22(31)20-21-19(11-29(20)2)37(34,35)28-18-7-8-30(10-14(18)12-36-21)24(33)23(32)26-15-3-4-15/h5-6,9,11,14-15,18,28H,3-4,7-8,10,12H2,1-2H3,(H,26,32)(H,27,31). The van der Waals surface area contributed by atoms with Gasteiger partial charge in [0.2, 0.25) is 10.0 Å². The molecule has 1 saturated carbocycles. The third-order valence-corrected chi connectivity index (χ3v) is 8.38. The number of fused-ring (bicyclic) bond motifs is 2. The van der Waals surface area contributed by atoms with Gasteiger partial charge in [0.25, 0.3) is 5.91 Å². The quantitative estimate of drug-likeness (QED) is 0.501. The van der Waals surface area contributed by atoms with E-state index in [-0.39, 0.29) is 42.1 Å². The Morgan fingerprint density at radius 3 is 2.65 bits per heavy atom. The van der Waals surface area contributed by atoms with E-state index in [0.717, 1.165) is 12.8 Å². The number of carbonyl (C=O) groups is 3. The Kier molecular flexibility index (Phi) is 6.44. The van der Waals surface area contributed by atoms with Crippen LogP contribution < -0.4 is 20.1 Å². The van der Waals surface area contributed by atoms with Gasteiger partial charge in [0.1, 0.15) is 10.7 Å². The van der Waals surface area contributed by atoms with Crippen molar-refractivity contribution in [3.8, 4) is 5.75 Å². The van der Waals surface area contributed by atoms with Gasteiger partial charge in [-0.2, -0.15) is 0 Å². The first-order valence-corrected chi connectivity index (χ1v) is 13.5. The van der Waals surface area contributed by atoms with E-state index in [2.05, 4.69) is 15.4 Å². The molecule has 2 aliphatic heterocycles. The predicted molar refractivity (Wildman–Crippen MR) is 130 cm³/mol. The molecule has 3 heterocycles. The van der Waals surface area contributed by atoms with Gasteiger partial charge >= 0.3 is 11.8 Å². The zero-order valence-corrected chi connectivity index (χ0v) is 21.2. The number of aryl methyl sites for hydroxylation is 2. The molecular weight excluding hydrogens is 505 g/mol. The van der Waals surface area contributed by atoms with Gasteiger partial charge in [-0.1, -0.05) is 0 Å². The summed E-state index contributed by atoms with van der Waals surface area (Å²) >= 11 is 0. The number of nitrogens with one attached hydrogen (secondary N) is 3. The van der Waals surface area contributed by atoms with Crippen LogP contribution in [0.5, 0.6) is 5.75 Å². The maximum Gasteiger partial charge on any atom is 0.311 e. The number of likely N-dealkylation sites (tertiary alicyclic amines) is 1. The van der Waals surface area contributed by atoms with Crippen molar-refractivity contribution in [2.24, 2.45) is 13.0 Å². The molecule has 2 fully saturated rings. The third kappa shape index (κ3) is 5.05. The molecule has 2 unspecified atom stereocenters. The molecule has 1 aromatic heterocycles. The number of anilines is 1. The number of piperidine rings is 1. The predicted octanol–water partition coefficient (Wildman–Crippen LogP) is 0.891. The van der Waals surface area contributed by atoms with Crippen molar-refractivity contribution in [1.29, 1.82) is 0 Å². The van der Waals surface area contributed by atoms with Crippen molar-refractivity contribution in [3.05, 3.63) is 41.5 Å². The van der Waals surface area contributed by atoms with E-state index in [4.69, 9.17) is 4.74 Å². The van der Waals surface area contributed by atoms with Crippen LogP contribution in [0.2, 0.25) is 0 Å². The van der Waals surface area contributed by atoms with Crippen LogP contribution in [0.1, 0.15) is 35.3 Å². The van der Waals surface area contributed by atoms with Crippen LogP contribution in [0, 0.1) is 18.7 Å². The molecule has 11 nitrogen and oxygen atoms in total. The first-order valence-electron chi connectivity index (χ1n) is 12.0. The molecular formula is C24H28FN5O6S. The number of nitrogens with zero attached hydrogens (tertiary/aromatic N) is 2. The Morgan fingerprint density at radius 1 is 1.19 bits per heavy atom. The van der Waals surface area contributed by atoms with Crippen LogP contribution in [0.15, 0.2) is 29.3 Å². The van der Waals surface area contributed by atoms with Gasteiger partial charge in [0, 0.05) is 50.0 Å². The summed E-state index contributed by atoms with van der Waals surface area (Å²) in [6.07, 6.45) is 3.34. The van der Waals surface area contributed by atoms with Crippen LogP contribution in [0.25, 0.3) is 0 Å². The van der Waals surface area contributed by atoms with Crippen molar-refractivity contribution in [1.82, 2.24) is 19.5 Å². The van der Waals surface area contributed by atoms with Crippen LogP contribution in [0.3, 0.4) is 0 Å². The highest BCUT2D eigenvalue weighted by Gasteiger charge is 2.41. The van der Waals surface area contributed by atoms with Crippen LogP contribution in [-0.2, 0) is 26.7 Å². The monoisotopic (exact) mass is 533 g/mol. The fraction of sp³-hybridized carbons (Fsp3) is 0.458. The van der Waals surface area contributed by atoms with Crippen LogP contribution in [0.4, 0.5) is 10.1 Å². The number of halogens is 1. The smallest absolute Gasteiger partial charge is 0.311 e. The Morgan fingerprint density at radius 2 is 1.95 bits per heavy atom. The van der Waals surface area contributed by atoms with E-state index in [1.165, 1.54) is 40.9 Å². The van der Waals surface area contributed by atoms with Gasteiger partial charge in [-0.3, -0.25) is 14.4 Å². The van der Waals surface area contributed by atoms with E-state index in [1.54, 1.807) is 6.92 Å². The minimum absolute atomic E-state index is 0.0200. The number of aromatic nitrogens is 1. The van der Waals surface area contributed by atoms with Gasteiger partial charge in [0.15, 0.2) is 11.4 Å². The summed E-state index contributed by atoms with van der Waals surface area (Å²) in [4.78, 5) is 39.3. The van der Waals surface area contributed by atoms with Gasteiger partial charge in [-0.15, -0.1) is 0 Å². The topological polar surface area (TPSA) is 139 Å². The maximum absolute atomic E-state index is 13.6. The molecule has 37 heavy (non-hydrogen) atoms. The number of benzene rings is 1. The summed E-state index contributed by atoms with van der Waals surface area (Å²) in [5.74, 6) is -2.90. The molecule has 3 aliphatic rings. The minimum atomic E-state index is -4.06. The summed E-state index contributed by atoms with van der Waals surface area (Å²) in [7, 11) is -2.53. The molecule has 0 bridgehead atoms. The summed E-state index contributed by atoms with van der Waals surface area (Å²) in [6, 6.07) is 3.64. The molecule has 198 valence electrons. The largest absolute Gasteiger partial charge is 0.489 e. The number of rotatable bonds is 3. The molecule has 13 heteroatoms. The summed E-state index contributed by atoms with van der Waals surface area (Å²) < 4.78 is 50.2. The minimum Gasteiger partial charge on any atom is -0.489 e. The number of hydrogen-bond acceptors (Lipinski definition) is 6. The summed E-state index contributed by atoms with van der Waals surface area (Å²) in [6.45, 7) is 1.94. The third-order valence-electron chi connectivity index (χ3n) is 6.90. The van der Waals surface area contributed by atoms with Gasteiger partial charge in [0.05, 0.1) is 6.61 Å². The number of hydrogen-bond donors (Lipinski definition) is 3. The number of ether oxygens (including phenoxy) is 1. The van der Waals surface area contributed by atoms with Crippen molar-refractivity contribution in [2.75, 3.05) is 25.0 Å². The first kappa shape index (κ1) is 25.2. The number of sulfonamides is 1. The highest BCUT2D eigenvalue weighted by atomic mass is 32.2. The molecule has 0 radical (unpaired) electrons. The normalized spacial score (nSPS) is 22.5. The zero-order valence-electron chi connectivity index (χ0n) is 20.4. The van der Waals surface area contributed by atoms with Gasteiger partial charge in [-0.05, 0) is 49.9 Å². The molecule has 1 aliphatic carbocycles. The van der Waals surface area contributed by atoms with E-state index in [9.17, 15) is 27.2 Å². The Bertz CT molecular complexity index is 1390. The van der Waals surface area contributed by atoms with E-state index < -0.39 is 45.5 Å². The number of amides is 3. The molecule has 3 amide bonds. The van der Waals surface area contributed by atoms with Crippen LogP contribution >= 0.6 is 0 Å². The SMILES string of the molecule is Cc1cc(NC(=O)c2c3c(cn2C)S(=O)(=O)NC2CCN(C(=O)C(=O)NC4CC4)CC2CO3)ccc1F. The average molecular weight is 534 g/mol. The second-order valence-corrected chi connectivity index (χ2v) is 11.5. The van der Waals surface area contributed by atoms with Crippen molar-refractivity contribution >= 4 is 33.4 Å². The second-order valence-electron chi connectivity index (χ2n) is 9.79. The highest BCUT2D eigenvalue weighted by molar-refractivity contribution is 7.89. The molecule has 3 N–H and O–H groups in total. The van der Waals surface area contributed by atoms with E-state index in [0.29, 0.717) is 17.7 Å². The lowest BCUT2D eigenvalue weighted by Crippen LogP contribution is -2.56. The van der Waals surface area contributed by atoms with E-state index in [1.807, 2.05) is 0 Å². The maximum atomic E-state index is 13.6. The van der Waals surface area contributed by atoms with Crippen molar-refractivity contribution < 1.29 is 31.9 Å². The summed E-state index contributed by atoms with van der Waals surface area (Å²) in [5.41, 5.74) is 0.668. The lowest BCUT2D eigenvalue weighted by atomic mass is 9.93. The lowest BCUT2D eigenvalue weighted by molar-refractivity contribution is -0.147. The zero-order chi connectivity index (χ0) is 26.5. The lowest BCUT2D eigenvalue weighted by Gasteiger charge is -2.39. The average Bonchev–Trinajstić information content (AvgIpc) is 3.59. The molecule has 1 aromatic carbocycles. The second kappa shape index (κ2) is 9.45. The first-order chi connectivity index (χ1) is 17.5. The molecule has 2 atom stereocenters. The van der Waals surface area contributed by atoms with Crippen molar-refractivity contribution in [2.45, 2.75) is 43.2 Å². The van der Waals surface area contributed by atoms with Gasteiger partial charge < -0.3 is 24.8 Å². The van der Waals surface area contributed by atoms with Crippen LogP contribution in [-0.4, -0.2) is 67.4 Å². The molecule has 5 rings (SSSR count). The van der Waals surface area contributed by atoms with E-state index >= 15 is 0 Å². The Balaban J connectivity index is 1.38. The molecule has 2 aromatic rings. The highest BCUT2D eigenvalue weighted by Crippen LogP contribution is 2.35. The Hall–Kier alpha value is -3.45. The van der Waals surface area contributed by atoms with Crippen molar-refractivity contribution in [3.63, 3.8) is 0 Å². The van der Waals surface area contributed by atoms with Gasteiger partial charge in [-0.25, -0.2) is 17.5 Å². The fourth-order valence-electron chi connectivity index (χ4n) is 4.70.